The van der Waals surface area contributed by atoms with E-state index >= 15 is 0 Å². The van der Waals surface area contributed by atoms with Gasteiger partial charge in [0.05, 0.1) is 0 Å². The van der Waals surface area contributed by atoms with Crippen LogP contribution < -0.4 is 5.73 Å². The van der Waals surface area contributed by atoms with Crippen molar-refractivity contribution in [2.45, 2.75) is 12.5 Å². The molecule has 2 aromatic carbocycles. The van der Waals surface area contributed by atoms with Crippen molar-refractivity contribution in [3.8, 4) is 0 Å². The van der Waals surface area contributed by atoms with Gasteiger partial charge in [-0.3, -0.25) is 0 Å². The molecule has 2 aromatic rings. The van der Waals surface area contributed by atoms with Gasteiger partial charge in [0.1, 0.15) is 23.3 Å². The molecule has 5 heteroatoms. The summed E-state index contributed by atoms with van der Waals surface area (Å²) < 4.78 is 52.3. The zero-order chi connectivity index (χ0) is 14.0. The molecular weight excluding hydrogens is 258 g/mol. The van der Waals surface area contributed by atoms with Crippen molar-refractivity contribution in [2.24, 2.45) is 5.73 Å². The average molecular weight is 269 g/mol. The first kappa shape index (κ1) is 13.5. The van der Waals surface area contributed by atoms with Gasteiger partial charge in [0.15, 0.2) is 0 Å². The normalized spacial score (nSPS) is 12.5. The van der Waals surface area contributed by atoms with Crippen LogP contribution in [-0.4, -0.2) is 0 Å². The Hall–Kier alpha value is -1.88. The summed E-state index contributed by atoms with van der Waals surface area (Å²) >= 11 is 0. The predicted octanol–water partition coefficient (Wildman–Crippen LogP) is 3.49. The fourth-order valence-corrected chi connectivity index (χ4v) is 1.83. The topological polar surface area (TPSA) is 26.0 Å². The van der Waals surface area contributed by atoms with E-state index < -0.39 is 29.3 Å². The summed E-state index contributed by atoms with van der Waals surface area (Å²) in [6.07, 6.45) is 0.0228. The predicted molar refractivity (Wildman–Crippen MR) is 63.3 cm³/mol. The van der Waals surface area contributed by atoms with Crippen molar-refractivity contribution < 1.29 is 17.6 Å². The lowest BCUT2D eigenvalue weighted by molar-refractivity contribution is 0.556. The van der Waals surface area contributed by atoms with Gasteiger partial charge in [-0.25, -0.2) is 17.6 Å². The molecule has 0 radical (unpaired) electrons. The molecule has 0 spiro atoms. The number of hydrogen-bond donors (Lipinski definition) is 1. The zero-order valence-corrected chi connectivity index (χ0v) is 9.84. The zero-order valence-electron chi connectivity index (χ0n) is 9.84. The molecule has 0 amide bonds. The van der Waals surface area contributed by atoms with Gasteiger partial charge < -0.3 is 5.73 Å². The van der Waals surface area contributed by atoms with Crippen molar-refractivity contribution in [3.63, 3.8) is 0 Å². The summed E-state index contributed by atoms with van der Waals surface area (Å²) in [4.78, 5) is 0. The lowest BCUT2D eigenvalue weighted by Crippen LogP contribution is -2.14. The number of benzene rings is 2. The molecule has 0 aliphatic rings. The quantitative estimate of drug-likeness (QED) is 0.848. The minimum atomic E-state index is -0.773. The molecule has 0 bridgehead atoms. The van der Waals surface area contributed by atoms with Crippen molar-refractivity contribution >= 4 is 0 Å². The molecular formula is C14H11F4N. The van der Waals surface area contributed by atoms with Gasteiger partial charge in [-0.15, -0.1) is 0 Å². The van der Waals surface area contributed by atoms with Gasteiger partial charge >= 0.3 is 0 Å². The van der Waals surface area contributed by atoms with Gasteiger partial charge in [0.2, 0.25) is 0 Å². The minimum absolute atomic E-state index is 0.0228. The number of halogens is 4. The molecule has 0 saturated carbocycles. The smallest absolute Gasteiger partial charge is 0.129 e. The Balaban J connectivity index is 2.22. The highest BCUT2D eigenvalue weighted by atomic mass is 19.1. The van der Waals surface area contributed by atoms with E-state index in [4.69, 9.17) is 5.73 Å². The Morgan fingerprint density at radius 2 is 1.47 bits per heavy atom. The third-order valence-corrected chi connectivity index (χ3v) is 2.77. The fraction of sp³-hybridized carbons (Fsp3) is 0.143. The summed E-state index contributed by atoms with van der Waals surface area (Å²) in [6.45, 7) is 0. The van der Waals surface area contributed by atoms with Crippen LogP contribution in [0.1, 0.15) is 17.2 Å². The Morgan fingerprint density at radius 1 is 0.842 bits per heavy atom. The van der Waals surface area contributed by atoms with E-state index in [0.717, 1.165) is 30.3 Å². The van der Waals surface area contributed by atoms with Gasteiger partial charge in [0.25, 0.3) is 0 Å². The van der Waals surface area contributed by atoms with Crippen LogP contribution in [0.3, 0.4) is 0 Å². The maximum atomic E-state index is 13.4. The molecule has 0 heterocycles. The van der Waals surface area contributed by atoms with Crippen LogP contribution in [0.4, 0.5) is 17.6 Å². The second kappa shape index (κ2) is 5.40. The highest BCUT2D eigenvalue weighted by molar-refractivity contribution is 5.25. The van der Waals surface area contributed by atoms with Crippen LogP contribution in [0.2, 0.25) is 0 Å². The molecule has 100 valence electrons. The van der Waals surface area contributed by atoms with Crippen LogP contribution >= 0.6 is 0 Å². The number of hydrogen-bond acceptors (Lipinski definition) is 1. The molecule has 0 aromatic heterocycles. The lowest BCUT2D eigenvalue weighted by Gasteiger charge is -2.13. The highest BCUT2D eigenvalue weighted by Gasteiger charge is 2.13. The van der Waals surface area contributed by atoms with Crippen LogP contribution in [0, 0.1) is 23.3 Å². The summed E-state index contributed by atoms with van der Waals surface area (Å²) in [5, 5.41) is 0. The summed E-state index contributed by atoms with van der Waals surface area (Å²) in [5.41, 5.74) is 6.19. The third-order valence-electron chi connectivity index (χ3n) is 2.77. The van der Waals surface area contributed by atoms with Crippen molar-refractivity contribution in [2.75, 3.05) is 0 Å². The summed E-state index contributed by atoms with van der Waals surface area (Å²) in [7, 11) is 0. The largest absolute Gasteiger partial charge is 0.324 e. The molecule has 0 aliphatic carbocycles. The van der Waals surface area contributed by atoms with Gasteiger partial charge in [-0.05, 0) is 35.7 Å². The molecule has 1 atom stereocenters. The van der Waals surface area contributed by atoms with Crippen molar-refractivity contribution in [1.29, 1.82) is 0 Å². The Labute approximate surface area is 107 Å². The molecule has 1 nitrogen and oxygen atoms in total. The standard InChI is InChI=1S/C14H11F4N/c15-10-2-1-8(13(18)7-10)5-14(19)9-3-11(16)6-12(17)4-9/h1-4,6-7,14H,5,19H2. The van der Waals surface area contributed by atoms with Crippen LogP contribution in [-0.2, 0) is 6.42 Å². The number of nitrogens with two attached hydrogens (primary N) is 1. The fourth-order valence-electron chi connectivity index (χ4n) is 1.83. The average Bonchev–Trinajstić information content (AvgIpc) is 2.31. The molecule has 0 fully saturated rings. The van der Waals surface area contributed by atoms with E-state index in [1.807, 2.05) is 0 Å². The second-order valence-electron chi connectivity index (χ2n) is 4.25. The first-order chi connectivity index (χ1) is 8.95. The second-order valence-corrected chi connectivity index (χ2v) is 4.25. The maximum absolute atomic E-state index is 13.4. The van der Waals surface area contributed by atoms with Gasteiger partial charge in [-0.2, -0.15) is 0 Å². The molecule has 2 N–H and O–H groups in total. The maximum Gasteiger partial charge on any atom is 0.129 e. The summed E-state index contributed by atoms with van der Waals surface area (Å²) in [6, 6.07) is 5.26. The van der Waals surface area contributed by atoms with Crippen molar-refractivity contribution in [1.82, 2.24) is 0 Å². The first-order valence-corrected chi connectivity index (χ1v) is 5.61. The van der Waals surface area contributed by atoms with Crippen molar-refractivity contribution in [3.05, 3.63) is 70.8 Å². The van der Waals surface area contributed by atoms with Gasteiger partial charge in [-0.1, -0.05) is 6.07 Å². The number of rotatable bonds is 3. The SMILES string of the molecule is NC(Cc1ccc(F)cc1F)c1cc(F)cc(F)c1. The molecule has 0 saturated heterocycles. The van der Waals surface area contributed by atoms with Gasteiger partial charge in [0, 0.05) is 18.2 Å². The monoisotopic (exact) mass is 269 g/mol. The lowest BCUT2D eigenvalue weighted by atomic mass is 9.99. The van der Waals surface area contributed by atoms with E-state index in [0.29, 0.717) is 0 Å². The van der Waals surface area contributed by atoms with Crippen LogP contribution in [0.15, 0.2) is 36.4 Å². The first-order valence-electron chi connectivity index (χ1n) is 5.61. The summed E-state index contributed by atoms with van der Waals surface area (Å²) in [5.74, 6) is -2.91. The molecule has 0 aliphatic heterocycles. The highest BCUT2D eigenvalue weighted by Crippen LogP contribution is 2.20. The Morgan fingerprint density at radius 3 is 2.05 bits per heavy atom. The van der Waals surface area contributed by atoms with E-state index in [1.165, 1.54) is 6.07 Å². The Kier molecular flexibility index (Phi) is 3.85. The van der Waals surface area contributed by atoms with E-state index in [2.05, 4.69) is 0 Å². The van der Waals surface area contributed by atoms with Crippen LogP contribution in [0.5, 0.6) is 0 Å². The van der Waals surface area contributed by atoms with E-state index in [-0.39, 0.29) is 17.5 Å². The minimum Gasteiger partial charge on any atom is -0.324 e. The Bertz CT molecular complexity index is 578. The van der Waals surface area contributed by atoms with Crippen LogP contribution in [0.25, 0.3) is 0 Å². The third kappa shape index (κ3) is 3.32. The molecule has 2 rings (SSSR count). The van der Waals surface area contributed by atoms with E-state index in [1.54, 1.807) is 0 Å². The van der Waals surface area contributed by atoms with E-state index in [9.17, 15) is 17.6 Å². The molecule has 19 heavy (non-hydrogen) atoms. The molecule has 1 unspecified atom stereocenters.